The van der Waals surface area contributed by atoms with E-state index < -0.39 is 90.1 Å². The maximum Gasteiger partial charge on any atom is 0.326 e. The van der Waals surface area contributed by atoms with Gasteiger partial charge < -0.3 is 93.5 Å². The van der Waals surface area contributed by atoms with Crippen molar-refractivity contribution >= 4 is 71.2 Å². The van der Waals surface area contributed by atoms with Crippen LogP contribution in [0.2, 0.25) is 0 Å². The molecule has 0 bridgehead atoms. The van der Waals surface area contributed by atoms with E-state index in [1.807, 2.05) is 0 Å². The maximum absolute atomic E-state index is 14.1. The van der Waals surface area contributed by atoms with Crippen molar-refractivity contribution in [3.63, 3.8) is 0 Å². The first-order chi connectivity index (χ1) is 31.7. The molecule has 0 radical (unpaired) electrons. The number of carboxylic acids is 1. The van der Waals surface area contributed by atoms with E-state index in [4.69, 9.17) is 51.6 Å². The van der Waals surface area contributed by atoms with Crippen molar-refractivity contribution in [1.82, 2.24) is 36.8 Å². The lowest BCUT2D eigenvalue weighted by Gasteiger charge is -2.29. The van der Waals surface area contributed by atoms with Crippen LogP contribution in [-0.2, 0) is 38.4 Å². The summed E-state index contributed by atoms with van der Waals surface area (Å²) in [5, 5.41) is 25.5. The number of hydrogen-bond acceptors (Lipinski definition) is 13. The summed E-state index contributed by atoms with van der Waals surface area (Å²) in [5.74, 6) is -7.95. The lowest BCUT2D eigenvalue weighted by atomic mass is 10.0. The number of aliphatic imine (C=N–C) groups is 4. The van der Waals surface area contributed by atoms with Crippen LogP contribution in [0.15, 0.2) is 20.0 Å². The van der Waals surface area contributed by atoms with Gasteiger partial charge in [0.2, 0.25) is 41.4 Å². The van der Waals surface area contributed by atoms with Crippen molar-refractivity contribution in [2.75, 3.05) is 39.3 Å². The molecule has 25 N–H and O–H groups in total. The van der Waals surface area contributed by atoms with Gasteiger partial charge in [0.1, 0.15) is 36.3 Å². The molecule has 376 valence electrons. The molecule has 0 saturated carbocycles. The lowest BCUT2D eigenvalue weighted by molar-refractivity contribution is -0.142. The second kappa shape index (κ2) is 29.4. The zero-order valence-corrected chi connectivity index (χ0v) is 37.6. The van der Waals surface area contributed by atoms with Gasteiger partial charge in [0.15, 0.2) is 23.8 Å². The van der Waals surface area contributed by atoms with Crippen molar-refractivity contribution in [2.24, 2.45) is 71.6 Å². The molecule has 7 amide bonds. The average molecular weight is 951 g/mol. The van der Waals surface area contributed by atoms with E-state index >= 15 is 0 Å². The van der Waals surface area contributed by atoms with Gasteiger partial charge in [-0.05, 0) is 83.6 Å². The number of carbonyl (C=O) groups is 8. The predicted octanol–water partition coefficient (Wildman–Crippen LogP) is -7.67. The van der Waals surface area contributed by atoms with Crippen LogP contribution in [0.3, 0.4) is 0 Å². The Balaban J connectivity index is 2.40. The summed E-state index contributed by atoms with van der Waals surface area (Å²) >= 11 is 0. The molecule has 29 heteroatoms. The average Bonchev–Trinajstić information content (AvgIpc) is 3.98. The molecule has 2 heterocycles. The van der Waals surface area contributed by atoms with Gasteiger partial charge in [-0.3, -0.25) is 53.5 Å². The fraction of sp³-hybridized carbons (Fsp3) is 0.684. The maximum atomic E-state index is 14.1. The van der Waals surface area contributed by atoms with E-state index in [0.29, 0.717) is 32.4 Å². The SMILES string of the molecule is NC(=O)C[C@H](NC(=O)[C@H](CCCN=C(N)N)NC(=O)[C@H](CCCN=C(N)N)NC(=O)[C@@H]1CCCN1C(=O)[C@@H]1CCCN1)C(=O)N[C@@H](CCCN=C(N)N)C(=O)N[C@@H](CCCN=C(N)N)C(=O)O. The quantitative estimate of drug-likeness (QED) is 0.0181. The number of rotatable bonds is 30. The molecule has 2 aliphatic heterocycles. The van der Waals surface area contributed by atoms with Crippen molar-refractivity contribution < 1.29 is 43.5 Å². The van der Waals surface area contributed by atoms with E-state index in [1.54, 1.807) is 0 Å². The van der Waals surface area contributed by atoms with Crippen molar-refractivity contribution in [1.29, 1.82) is 0 Å². The van der Waals surface area contributed by atoms with E-state index in [-0.39, 0.29) is 107 Å². The fourth-order valence-electron chi connectivity index (χ4n) is 7.24. The molecule has 0 aromatic rings. The molecule has 2 saturated heterocycles. The second-order valence-electron chi connectivity index (χ2n) is 15.9. The number of carbonyl (C=O) groups excluding carboxylic acids is 7. The standard InChI is InChI=1S/C38H70N20O9/c39-27(59)19-25(31(63)54-20(7-1-14-49-35(40)41)29(61)56-24(34(66)67)11-5-17-52-38(46)47)57-30(62)21(8-2-15-50-36(42)43)53-28(60)22(9-3-16-51-37(44)45)55-32(64)26-12-6-18-58(26)33(65)23-10-4-13-48-23/h20-26,48H,1-19H2,(H2,39,59)(H,53,60)(H,54,63)(H,55,64)(H,56,61)(H,57,62)(H,66,67)(H4,40,41,49)(H4,42,43,50)(H4,44,45,51)(H4,46,47,52)/t20-,21-,22-,23-,24-,25-,26-/m0/s1. The van der Waals surface area contributed by atoms with Crippen LogP contribution in [0.1, 0.15) is 83.5 Å². The van der Waals surface area contributed by atoms with Crippen LogP contribution in [0.4, 0.5) is 0 Å². The topological polar surface area (TPSA) is 516 Å². The number of nitrogens with two attached hydrogens (primary N) is 9. The molecule has 2 aliphatic rings. The minimum Gasteiger partial charge on any atom is -0.480 e. The molecule has 0 aromatic carbocycles. The van der Waals surface area contributed by atoms with Crippen LogP contribution < -0.4 is 83.5 Å². The highest BCUT2D eigenvalue weighted by molar-refractivity contribution is 5.98. The first-order valence-electron chi connectivity index (χ1n) is 22.0. The van der Waals surface area contributed by atoms with Gasteiger partial charge in [-0.2, -0.15) is 0 Å². The Labute approximate surface area is 387 Å². The Morgan fingerprint density at radius 2 is 0.925 bits per heavy atom. The highest BCUT2D eigenvalue weighted by atomic mass is 16.4. The molecule has 0 aliphatic carbocycles. The number of hydrogen-bond donors (Lipinski definition) is 16. The molecule has 0 aromatic heterocycles. The van der Waals surface area contributed by atoms with Crippen LogP contribution >= 0.6 is 0 Å². The molecule has 7 atom stereocenters. The summed E-state index contributed by atoms with van der Waals surface area (Å²) < 4.78 is 0. The monoisotopic (exact) mass is 951 g/mol. The van der Waals surface area contributed by atoms with Gasteiger partial charge in [-0.1, -0.05) is 0 Å². The predicted molar refractivity (Wildman–Crippen MR) is 247 cm³/mol. The Kier molecular flexibility index (Phi) is 24.5. The molecule has 0 unspecified atom stereocenters. The van der Waals surface area contributed by atoms with Crippen LogP contribution in [-0.4, -0.2) is 163 Å². The molecule has 29 nitrogen and oxygen atoms in total. The lowest BCUT2D eigenvalue weighted by Crippen LogP contribution is -2.60. The van der Waals surface area contributed by atoms with Crippen molar-refractivity contribution in [2.45, 2.75) is 126 Å². The highest BCUT2D eigenvalue weighted by Crippen LogP contribution is 2.21. The van der Waals surface area contributed by atoms with Gasteiger partial charge in [-0.15, -0.1) is 0 Å². The molecule has 2 rings (SSSR count). The molecule has 2 fully saturated rings. The molecule has 67 heavy (non-hydrogen) atoms. The summed E-state index contributed by atoms with van der Waals surface area (Å²) in [6.45, 7) is 1.19. The summed E-state index contributed by atoms with van der Waals surface area (Å²) in [4.78, 5) is 124. The number of aliphatic carboxylic acids is 1. The fourth-order valence-corrected chi connectivity index (χ4v) is 7.24. The van der Waals surface area contributed by atoms with Crippen molar-refractivity contribution in [3.8, 4) is 0 Å². The zero-order valence-electron chi connectivity index (χ0n) is 37.6. The van der Waals surface area contributed by atoms with Gasteiger partial charge in [0.05, 0.1) is 12.5 Å². The number of nitrogens with zero attached hydrogens (tertiary/aromatic N) is 5. The van der Waals surface area contributed by atoms with E-state index in [2.05, 4.69) is 51.9 Å². The first kappa shape index (κ1) is 55.9. The van der Waals surface area contributed by atoms with Gasteiger partial charge in [0.25, 0.3) is 0 Å². The van der Waals surface area contributed by atoms with Gasteiger partial charge in [-0.25, -0.2) is 4.79 Å². The third kappa shape index (κ3) is 21.6. The third-order valence-electron chi connectivity index (χ3n) is 10.5. The summed E-state index contributed by atoms with van der Waals surface area (Å²) in [5.41, 5.74) is 48.9. The van der Waals surface area contributed by atoms with Crippen LogP contribution in [0, 0.1) is 0 Å². The van der Waals surface area contributed by atoms with Gasteiger partial charge >= 0.3 is 5.97 Å². The highest BCUT2D eigenvalue weighted by Gasteiger charge is 2.40. The number of primary amides is 1. The third-order valence-corrected chi connectivity index (χ3v) is 10.5. The van der Waals surface area contributed by atoms with E-state index in [9.17, 15) is 43.5 Å². The second-order valence-corrected chi connectivity index (χ2v) is 15.9. The number of guanidine groups is 4. The largest absolute Gasteiger partial charge is 0.480 e. The number of carboxylic acid groups (broad SMARTS) is 1. The summed E-state index contributed by atoms with van der Waals surface area (Å²) in [6.07, 6.45) is 1.75. The van der Waals surface area contributed by atoms with E-state index in [0.717, 1.165) is 6.42 Å². The number of amides is 7. The zero-order chi connectivity index (χ0) is 50.1. The summed E-state index contributed by atoms with van der Waals surface area (Å²) in [6, 6.07) is -8.63. The summed E-state index contributed by atoms with van der Waals surface area (Å²) in [7, 11) is 0. The molecule has 0 spiro atoms. The number of nitrogens with one attached hydrogen (secondary N) is 6. The Hall–Kier alpha value is -7.20. The van der Waals surface area contributed by atoms with Crippen LogP contribution in [0.25, 0.3) is 0 Å². The van der Waals surface area contributed by atoms with E-state index in [1.165, 1.54) is 4.90 Å². The smallest absolute Gasteiger partial charge is 0.326 e. The minimum absolute atomic E-state index is 0.00945. The minimum atomic E-state index is -1.74. The molecular weight excluding hydrogens is 881 g/mol. The van der Waals surface area contributed by atoms with Crippen molar-refractivity contribution in [3.05, 3.63) is 0 Å². The Morgan fingerprint density at radius 1 is 0.537 bits per heavy atom. The molecular formula is C38H70N20O9. The Morgan fingerprint density at radius 3 is 1.31 bits per heavy atom. The number of likely N-dealkylation sites (tertiary alicyclic amines) is 1. The van der Waals surface area contributed by atoms with Gasteiger partial charge in [0, 0.05) is 32.7 Å². The normalized spacial score (nSPS) is 17.5. The first-order valence-corrected chi connectivity index (χ1v) is 22.0. The Bertz CT molecular complexity index is 1820. The van der Waals surface area contributed by atoms with Crippen LogP contribution in [0.5, 0.6) is 0 Å².